The molecule has 1 N–H and O–H groups in total. The van der Waals surface area contributed by atoms with Gasteiger partial charge < -0.3 is 5.11 Å². The SMILES string of the molecule is [2H]c1nc([2H])c(F)c(C(=O)O)c1[2H]. The van der Waals surface area contributed by atoms with Gasteiger partial charge in [0.05, 0.1) is 15.8 Å². The highest BCUT2D eigenvalue weighted by atomic mass is 19.1. The molecule has 0 atom stereocenters. The van der Waals surface area contributed by atoms with Crippen molar-refractivity contribution in [2.45, 2.75) is 0 Å². The molecule has 1 aromatic heterocycles. The molecule has 0 radical (unpaired) electrons. The van der Waals surface area contributed by atoms with Crippen LogP contribution in [0.3, 0.4) is 0 Å². The summed E-state index contributed by atoms with van der Waals surface area (Å²) in [4.78, 5) is 13.4. The Balaban J connectivity index is 3.56. The van der Waals surface area contributed by atoms with Crippen molar-refractivity contribution in [3.8, 4) is 0 Å². The highest BCUT2D eigenvalue weighted by molar-refractivity contribution is 5.87. The average molecular weight is 144 g/mol. The van der Waals surface area contributed by atoms with E-state index in [-0.39, 0.29) is 0 Å². The number of halogens is 1. The number of nitrogens with zero attached hydrogens (tertiary/aromatic N) is 1. The minimum absolute atomic E-state index is 0.719. The van der Waals surface area contributed by atoms with Crippen LogP contribution in [0.25, 0.3) is 0 Å². The molecule has 0 bridgehead atoms. The van der Waals surface area contributed by atoms with Crippen LogP contribution in [-0.4, -0.2) is 16.1 Å². The number of rotatable bonds is 1. The van der Waals surface area contributed by atoms with E-state index in [1.807, 2.05) is 0 Å². The van der Waals surface area contributed by atoms with Crippen molar-refractivity contribution in [1.82, 2.24) is 4.98 Å². The quantitative estimate of drug-likeness (QED) is 0.637. The van der Waals surface area contributed by atoms with Crippen molar-refractivity contribution in [2.75, 3.05) is 0 Å². The van der Waals surface area contributed by atoms with Crippen molar-refractivity contribution in [1.29, 1.82) is 0 Å². The summed E-state index contributed by atoms with van der Waals surface area (Å²) in [6.45, 7) is 0. The van der Waals surface area contributed by atoms with Gasteiger partial charge in [-0.1, -0.05) is 0 Å². The zero-order valence-corrected chi connectivity index (χ0v) is 4.68. The van der Waals surface area contributed by atoms with Gasteiger partial charge in [-0.2, -0.15) is 0 Å². The van der Waals surface area contributed by atoms with Gasteiger partial charge in [0.1, 0.15) is 0 Å². The number of hydrogen-bond acceptors (Lipinski definition) is 2. The smallest absolute Gasteiger partial charge is 0.338 e. The van der Waals surface area contributed by atoms with Crippen LogP contribution in [0.1, 0.15) is 14.5 Å². The van der Waals surface area contributed by atoms with Gasteiger partial charge >= 0.3 is 5.97 Å². The third-order valence-electron chi connectivity index (χ3n) is 0.824. The Morgan fingerprint density at radius 2 is 2.60 bits per heavy atom. The second-order valence-electron chi connectivity index (χ2n) is 1.45. The zero-order valence-electron chi connectivity index (χ0n) is 7.68. The predicted molar refractivity (Wildman–Crippen MR) is 31.2 cm³/mol. The molecular formula is C6H4FNO2. The molecule has 0 saturated carbocycles. The number of carbonyl (C=O) groups is 1. The molecule has 0 spiro atoms. The van der Waals surface area contributed by atoms with Gasteiger partial charge in [-0.3, -0.25) is 4.98 Å². The fraction of sp³-hybridized carbons (Fsp3) is 0. The van der Waals surface area contributed by atoms with Crippen LogP contribution in [0, 0.1) is 5.82 Å². The predicted octanol–water partition coefficient (Wildman–Crippen LogP) is 0.919. The van der Waals surface area contributed by atoms with Crippen LogP contribution in [-0.2, 0) is 0 Å². The molecule has 10 heavy (non-hydrogen) atoms. The lowest BCUT2D eigenvalue weighted by molar-refractivity contribution is 0.0691. The Labute approximate surface area is 60.4 Å². The molecule has 0 aliphatic rings. The molecule has 0 fully saturated rings. The molecule has 0 unspecified atom stereocenters. The normalized spacial score (nSPS) is 13.5. The molecule has 1 aromatic rings. The van der Waals surface area contributed by atoms with Gasteiger partial charge in [-0.05, 0) is 6.04 Å². The largest absolute Gasteiger partial charge is 0.478 e. The summed E-state index contributed by atoms with van der Waals surface area (Å²) in [6.07, 6.45) is -1.65. The molecule has 0 aliphatic carbocycles. The summed E-state index contributed by atoms with van der Waals surface area (Å²) in [5.74, 6) is -3.06. The van der Waals surface area contributed by atoms with E-state index in [1.54, 1.807) is 0 Å². The minimum atomic E-state index is -1.67. The summed E-state index contributed by atoms with van der Waals surface area (Å²) in [7, 11) is 0. The minimum Gasteiger partial charge on any atom is -0.478 e. The Kier molecular flexibility index (Phi) is 0.887. The van der Waals surface area contributed by atoms with Crippen molar-refractivity contribution >= 4 is 5.97 Å². The molecule has 0 saturated heterocycles. The number of carboxylic acids is 1. The number of carboxylic acid groups (broad SMARTS) is 1. The van der Waals surface area contributed by atoms with Gasteiger partial charge in [-0.15, -0.1) is 0 Å². The fourth-order valence-corrected chi connectivity index (χ4v) is 0.419. The van der Waals surface area contributed by atoms with E-state index in [2.05, 4.69) is 4.98 Å². The molecule has 0 amide bonds. The first kappa shape index (κ1) is 3.65. The zero-order chi connectivity index (χ0) is 10.2. The van der Waals surface area contributed by atoms with Crippen LogP contribution in [0.15, 0.2) is 18.4 Å². The third-order valence-corrected chi connectivity index (χ3v) is 0.824. The molecular weight excluding hydrogens is 137 g/mol. The molecule has 4 heteroatoms. The first-order chi connectivity index (χ1) is 5.95. The number of hydrogen-bond donors (Lipinski definition) is 1. The molecule has 1 heterocycles. The maximum absolute atomic E-state index is 12.9. The molecule has 52 valence electrons. The first-order valence-corrected chi connectivity index (χ1v) is 2.31. The van der Waals surface area contributed by atoms with Gasteiger partial charge in [-0.25, -0.2) is 9.18 Å². The maximum atomic E-state index is 12.9. The van der Waals surface area contributed by atoms with Crippen molar-refractivity contribution < 1.29 is 18.4 Å². The molecule has 0 aromatic carbocycles. The first-order valence-electron chi connectivity index (χ1n) is 3.81. The highest BCUT2D eigenvalue weighted by Gasteiger charge is 2.07. The standard InChI is InChI=1S/C6H4FNO2/c7-5-3-8-2-1-4(5)6(9)10/h1-3H,(H,9,10)/i1D,2D,3D. The van der Waals surface area contributed by atoms with Gasteiger partial charge in [0.25, 0.3) is 0 Å². The van der Waals surface area contributed by atoms with Crippen LogP contribution in [0.4, 0.5) is 4.39 Å². The molecule has 0 aliphatic heterocycles. The lowest BCUT2D eigenvalue weighted by atomic mass is 10.3. The Morgan fingerprint density at radius 1 is 1.90 bits per heavy atom. The number of aromatic carboxylic acids is 1. The van der Waals surface area contributed by atoms with Crippen LogP contribution in [0.2, 0.25) is 0 Å². The topological polar surface area (TPSA) is 50.2 Å². The van der Waals surface area contributed by atoms with E-state index < -0.39 is 35.7 Å². The van der Waals surface area contributed by atoms with Gasteiger partial charge in [0, 0.05) is 6.17 Å². The van der Waals surface area contributed by atoms with Crippen molar-refractivity contribution in [3.63, 3.8) is 0 Å². The van der Waals surface area contributed by atoms with Crippen LogP contribution >= 0.6 is 0 Å². The van der Waals surface area contributed by atoms with Crippen molar-refractivity contribution in [2.24, 2.45) is 0 Å². The second kappa shape index (κ2) is 2.43. The lowest BCUT2D eigenvalue weighted by Gasteiger charge is -1.92. The summed E-state index contributed by atoms with van der Waals surface area (Å²) in [6, 6.07) is -0.819. The van der Waals surface area contributed by atoms with E-state index >= 15 is 0 Å². The fourth-order valence-electron chi connectivity index (χ4n) is 0.419. The van der Waals surface area contributed by atoms with Crippen LogP contribution < -0.4 is 0 Å². The number of pyridine rings is 1. The van der Waals surface area contributed by atoms with E-state index in [9.17, 15) is 9.18 Å². The highest BCUT2D eigenvalue weighted by Crippen LogP contribution is 2.02. The maximum Gasteiger partial charge on any atom is 0.338 e. The second-order valence-corrected chi connectivity index (χ2v) is 1.45. The number of aromatic nitrogens is 1. The van der Waals surface area contributed by atoms with E-state index in [0.29, 0.717) is 0 Å². The molecule has 1 rings (SSSR count). The Hall–Kier alpha value is -1.45. The summed E-state index contributed by atoms with van der Waals surface area (Å²) < 4.78 is 33.6. The monoisotopic (exact) mass is 144 g/mol. The third kappa shape index (κ3) is 1.10. The Morgan fingerprint density at radius 3 is 3.20 bits per heavy atom. The van der Waals surface area contributed by atoms with E-state index in [1.165, 1.54) is 0 Å². The van der Waals surface area contributed by atoms with Gasteiger partial charge in [0.2, 0.25) is 0 Å². The van der Waals surface area contributed by atoms with E-state index in [0.717, 1.165) is 0 Å². The Bertz CT molecular complexity index is 356. The van der Waals surface area contributed by atoms with Gasteiger partial charge in [0.15, 0.2) is 5.82 Å². The lowest BCUT2D eigenvalue weighted by Crippen LogP contribution is -1.99. The van der Waals surface area contributed by atoms with E-state index in [4.69, 9.17) is 9.22 Å². The average Bonchev–Trinajstić information content (AvgIpc) is 2.01. The van der Waals surface area contributed by atoms with Crippen LogP contribution in [0.5, 0.6) is 0 Å². The molecule has 3 nitrogen and oxygen atoms in total. The van der Waals surface area contributed by atoms with Crippen molar-refractivity contribution in [3.05, 3.63) is 29.8 Å². The summed E-state index contributed by atoms with van der Waals surface area (Å²) >= 11 is 0. The summed E-state index contributed by atoms with van der Waals surface area (Å²) in [5, 5.41) is 8.44. The summed E-state index contributed by atoms with van der Waals surface area (Å²) in [5.41, 5.74) is -0.981.